The number of primary sulfonamides is 1. The Morgan fingerprint density at radius 3 is 2.81 bits per heavy atom. The summed E-state index contributed by atoms with van der Waals surface area (Å²) in [4.78, 5) is 12.5. The maximum atomic E-state index is 14.0. The van der Waals surface area contributed by atoms with E-state index in [0.717, 1.165) is 12.0 Å². The number of carbonyl (C=O) groups is 1. The van der Waals surface area contributed by atoms with Gasteiger partial charge in [-0.15, -0.1) is 11.8 Å². The number of hydrogen-bond acceptors (Lipinski definition) is 6. The standard InChI is InChI=1S/C17H17FN2O4S2/c1-24-17(21)12-9-10(26(19,22)23)5-6-14(12)20-15-7-8-25-16-11(15)3-2-4-13(16)18/h2-6,9,15,20H,7-8H2,1H3,(H2,19,22,23)/t15-/m0/s1. The summed E-state index contributed by atoms with van der Waals surface area (Å²) in [5.41, 5.74) is 1.25. The van der Waals surface area contributed by atoms with Crippen molar-refractivity contribution in [3.8, 4) is 0 Å². The molecule has 0 saturated heterocycles. The molecule has 9 heteroatoms. The number of ether oxygens (including phenoxy) is 1. The second-order valence-corrected chi connectivity index (χ2v) is 8.40. The van der Waals surface area contributed by atoms with E-state index < -0.39 is 16.0 Å². The van der Waals surface area contributed by atoms with Crippen LogP contribution in [0, 0.1) is 5.82 Å². The van der Waals surface area contributed by atoms with Gasteiger partial charge in [-0.05, 0) is 36.2 Å². The van der Waals surface area contributed by atoms with Gasteiger partial charge in [0.2, 0.25) is 10.0 Å². The van der Waals surface area contributed by atoms with E-state index in [1.54, 1.807) is 6.07 Å². The number of nitrogens with two attached hydrogens (primary N) is 1. The predicted molar refractivity (Wildman–Crippen MR) is 97.3 cm³/mol. The lowest BCUT2D eigenvalue weighted by molar-refractivity contribution is 0.0601. The van der Waals surface area contributed by atoms with Crippen LogP contribution < -0.4 is 10.5 Å². The van der Waals surface area contributed by atoms with Gasteiger partial charge in [0, 0.05) is 16.3 Å². The van der Waals surface area contributed by atoms with Gasteiger partial charge in [-0.3, -0.25) is 0 Å². The summed E-state index contributed by atoms with van der Waals surface area (Å²) >= 11 is 1.45. The van der Waals surface area contributed by atoms with Gasteiger partial charge in [0.1, 0.15) is 5.82 Å². The minimum Gasteiger partial charge on any atom is -0.465 e. The number of carbonyl (C=O) groups excluding carboxylic acids is 1. The van der Waals surface area contributed by atoms with Crippen LogP contribution in [0.3, 0.4) is 0 Å². The number of anilines is 1. The Balaban J connectivity index is 2.01. The molecular weight excluding hydrogens is 379 g/mol. The largest absolute Gasteiger partial charge is 0.465 e. The number of fused-ring (bicyclic) bond motifs is 1. The topological polar surface area (TPSA) is 98.5 Å². The first-order valence-electron chi connectivity index (χ1n) is 7.74. The van der Waals surface area contributed by atoms with Gasteiger partial charge in [-0.25, -0.2) is 22.7 Å². The van der Waals surface area contributed by atoms with Crippen molar-refractivity contribution in [1.29, 1.82) is 0 Å². The molecule has 0 amide bonds. The minimum absolute atomic E-state index is 0.0511. The van der Waals surface area contributed by atoms with Crippen LogP contribution in [0.4, 0.5) is 10.1 Å². The second kappa shape index (κ2) is 7.26. The first kappa shape index (κ1) is 18.7. The van der Waals surface area contributed by atoms with Crippen LogP contribution >= 0.6 is 11.8 Å². The zero-order chi connectivity index (χ0) is 18.9. The lowest BCUT2D eigenvalue weighted by Crippen LogP contribution is -2.19. The van der Waals surface area contributed by atoms with Crippen molar-refractivity contribution in [3.63, 3.8) is 0 Å². The Kier molecular flexibility index (Phi) is 5.22. The zero-order valence-corrected chi connectivity index (χ0v) is 15.5. The molecule has 26 heavy (non-hydrogen) atoms. The predicted octanol–water partition coefficient (Wildman–Crippen LogP) is 2.91. The van der Waals surface area contributed by atoms with E-state index in [0.29, 0.717) is 16.3 Å². The maximum absolute atomic E-state index is 14.0. The molecule has 1 atom stereocenters. The molecule has 1 aliphatic heterocycles. The van der Waals surface area contributed by atoms with Gasteiger partial charge < -0.3 is 10.1 Å². The maximum Gasteiger partial charge on any atom is 0.340 e. The molecule has 0 fully saturated rings. The molecule has 2 aromatic rings. The molecule has 0 radical (unpaired) electrons. The Morgan fingerprint density at radius 1 is 1.35 bits per heavy atom. The molecule has 0 bridgehead atoms. The van der Waals surface area contributed by atoms with Gasteiger partial charge in [-0.2, -0.15) is 0 Å². The monoisotopic (exact) mass is 396 g/mol. The zero-order valence-electron chi connectivity index (χ0n) is 13.9. The van der Waals surface area contributed by atoms with Crippen molar-refractivity contribution in [2.45, 2.75) is 22.3 Å². The summed E-state index contributed by atoms with van der Waals surface area (Å²) in [6.07, 6.45) is 0.721. The van der Waals surface area contributed by atoms with E-state index in [1.807, 2.05) is 6.07 Å². The second-order valence-electron chi connectivity index (χ2n) is 5.74. The number of halogens is 1. The molecule has 0 saturated carbocycles. The van der Waals surface area contributed by atoms with E-state index >= 15 is 0 Å². The highest BCUT2D eigenvalue weighted by Crippen LogP contribution is 2.40. The number of benzene rings is 2. The van der Waals surface area contributed by atoms with Crippen LogP contribution in [0.1, 0.15) is 28.4 Å². The summed E-state index contributed by atoms with van der Waals surface area (Å²) in [5, 5.41) is 8.35. The SMILES string of the molecule is COC(=O)c1cc(S(N)(=O)=O)ccc1N[C@H]1CCSc2c(F)cccc21. The van der Waals surface area contributed by atoms with Gasteiger partial charge in [0.05, 0.1) is 23.6 Å². The fourth-order valence-electron chi connectivity index (χ4n) is 2.83. The van der Waals surface area contributed by atoms with E-state index in [9.17, 15) is 17.6 Å². The fraction of sp³-hybridized carbons (Fsp3) is 0.235. The molecule has 1 heterocycles. The average Bonchev–Trinajstić information content (AvgIpc) is 2.61. The Hall–Kier alpha value is -2.10. The van der Waals surface area contributed by atoms with Crippen molar-refractivity contribution in [1.82, 2.24) is 0 Å². The molecule has 3 rings (SSSR count). The van der Waals surface area contributed by atoms with Crippen molar-refractivity contribution < 1.29 is 22.3 Å². The molecule has 138 valence electrons. The molecule has 0 unspecified atom stereocenters. The Bertz CT molecular complexity index is 963. The van der Waals surface area contributed by atoms with Crippen LogP contribution in [0.2, 0.25) is 0 Å². The van der Waals surface area contributed by atoms with Gasteiger partial charge in [0.15, 0.2) is 0 Å². The van der Waals surface area contributed by atoms with Crippen molar-refractivity contribution in [3.05, 3.63) is 53.3 Å². The average molecular weight is 396 g/mol. The molecule has 1 aliphatic rings. The number of esters is 1. The van der Waals surface area contributed by atoms with Gasteiger partial charge >= 0.3 is 5.97 Å². The number of hydrogen-bond donors (Lipinski definition) is 2. The number of sulfonamides is 1. The summed E-state index contributed by atoms with van der Waals surface area (Å²) in [6, 6.07) is 8.62. The number of rotatable bonds is 4. The highest BCUT2D eigenvalue weighted by molar-refractivity contribution is 7.99. The molecular formula is C17H17FN2O4S2. The first-order chi connectivity index (χ1) is 12.3. The van der Waals surface area contributed by atoms with E-state index in [-0.39, 0.29) is 22.3 Å². The third kappa shape index (κ3) is 3.69. The molecule has 0 aliphatic carbocycles. The van der Waals surface area contributed by atoms with E-state index in [1.165, 1.54) is 43.1 Å². The summed E-state index contributed by atoms with van der Waals surface area (Å²) in [5.74, 6) is -0.256. The van der Waals surface area contributed by atoms with Crippen molar-refractivity contribution >= 4 is 33.4 Å². The summed E-state index contributed by atoms with van der Waals surface area (Å²) in [6.45, 7) is 0. The number of methoxy groups -OCH3 is 1. The quantitative estimate of drug-likeness (QED) is 0.771. The third-order valence-electron chi connectivity index (χ3n) is 4.08. The minimum atomic E-state index is -3.96. The van der Waals surface area contributed by atoms with Crippen LogP contribution in [0.15, 0.2) is 46.2 Å². The Morgan fingerprint density at radius 2 is 2.12 bits per heavy atom. The van der Waals surface area contributed by atoms with Crippen molar-refractivity contribution in [2.24, 2.45) is 5.14 Å². The highest BCUT2D eigenvalue weighted by Gasteiger charge is 2.25. The van der Waals surface area contributed by atoms with E-state index in [2.05, 4.69) is 5.32 Å². The molecule has 2 aromatic carbocycles. The van der Waals surface area contributed by atoms with E-state index in [4.69, 9.17) is 9.88 Å². The van der Waals surface area contributed by atoms with Crippen LogP contribution in [0.25, 0.3) is 0 Å². The lowest BCUT2D eigenvalue weighted by atomic mass is 10.0. The summed E-state index contributed by atoms with van der Waals surface area (Å²) in [7, 11) is -2.75. The van der Waals surface area contributed by atoms with Crippen molar-refractivity contribution in [2.75, 3.05) is 18.2 Å². The third-order valence-corrected chi connectivity index (χ3v) is 6.15. The normalized spacial score (nSPS) is 16.7. The van der Waals surface area contributed by atoms with Gasteiger partial charge in [0.25, 0.3) is 0 Å². The van der Waals surface area contributed by atoms with Crippen LogP contribution in [-0.4, -0.2) is 27.2 Å². The summed E-state index contributed by atoms with van der Waals surface area (Å²) < 4.78 is 41.9. The molecule has 0 spiro atoms. The molecule has 6 nitrogen and oxygen atoms in total. The number of thioether (sulfide) groups is 1. The smallest absolute Gasteiger partial charge is 0.340 e. The van der Waals surface area contributed by atoms with Crippen LogP contribution in [0.5, 0.6) is 0 Å². The molecule has 0 aromatic heterocycles. The highest BCUT2D eigenvalue weighted by atomic mass is 32.2. The van der Waals surface area contributed by atoms with Gasteiger partial charge in [-0.1, -0.05) is 12.1 Å². The molecule has 3 N–H and O–H groups in total. The fourth-order valence-corrected chi connectivity index (χ4v) is 4.51. The number of nitrogens with one attached hydrogen (secondary N) is 1. The Labute approximate surface area is 155 Å². The first-order valence-corrected chi connectivity index (χ1v) is 10.3. The lowest BCUT2D eigenvalue weighted by Gasteiger charge is -2.27. The van der Waals surface area contributed by atoms with Crippen LogP contribution in [-0.2, 0) is 14.8 Å².